The average molecular weight is 411 g/mol. The molecule has 0 aliphatic carbocycles. The van der Waals surface area contributed by atoms with Gasteiger partial charge in [-0.15, -0.1) is 0 Å². The fourth-order valence-corrected chi connectivity index (χ4v) is 4.07. The van der Waals surface area contributed by atoms with Crippen LogP contribution in [0.15, 0.2) is 53.1 Å². The van der Waals surface area contributed by atoms with Crippen LogP contribution >= 0.6 is 15.9 Å². The van der Waals surface area contributed by atoms with E-state index in [1.165, 1.54) is 35.8 Å². The Morgan fingerprint density at radius 2 is 1.77 bits per heavy atom. The number of pyridine rings is 1. The number of nitrogens with zero attached hydrogens (tertiary/aromatic N) is 2. The van der Waals surface area contributed by atoms with Gasteiger partial charge in [0.25, 0.3) is 0 Å². The quantitative estimate of drug-likeness (QED) is 0.560. The first-order valence-corrected chi connectivity index (χ1v) is 9.99. The summed E-state index contributed by atoms with van der Waals surface area (Å²) >= 11 is 3.53. The largest absolute Gasteiger partial charge is 0.496 e. The summed E-state index contributed by atoms with van der Waals surface area (Å²) in [5.74, 6) is 2.02. The summed E-state index contributed by atoms with van der Waals surface area (Å²) in [6, 6.07) is 14.9. The number of hydrogen-bond donors (Lipinski definition) is 0. The molecule has 0 radical (unpaired) electrons. The first-order chi connectivity index (χ1) is 12.8. The lowest BCUT2D eigenvalue weighted by atomic mass is 9.98. The van der Waals surface area contributed by atoms with Crippen molar-refractivity contribution in [2.24, 2.45) is 0 Å². The number of benzene rings is 2. The molecular formula is C22H23BrN2O. The fourth-order valence-electron chi connectivity index (χ4n) is 3.80. The number of aromatic nitrogens is 1. The Bertz CT molecular complexity index is 902. The molecular weight excluding hydrogens is 388 g/mol. The van der Waals surface area contributed by atoms with Gasteiger partial charge in [0.1, 0.15) is 11.6 Å². The van der Waals surface area contributed by atoms with Crippen molar-refractivity contribution in [2.45, 2.75) is 25.7 Å². The zero-order chi connectivity index (χ0) is 17.9. The van der Waals surface area contributed by atoms with Crippen molar-refractivity contribution < 1.29 is 4.74 Å². The zero-order valence-electron chi connectivity index (χ0n) is 15.0. The second kappa shape index (κ2) is 7.67. The van der Waals surface area contributed by atoms with Gasteiger partial charge in [0, 0.05) is 41.1 Å². The van der Waals surface area contributed by atoms with Gasteiger partial charge in [-0.3, -0.25) is 0 Å². The second-order valence-electron chi connectivity index (χ2n) is 6.83. The smallest absolute Gasteiger partial charge is 0.132 e. The monoisotopic (exact) mass is 410 g/mol. The summed E-state index contributed by atoms with van der Waals surface area (Å²) in [6.45, 7) is 2.19. The van der Waals surface area contributed by atoms with Gasteiger partial charge in [0.15, 0.2) is 0 Å². The highest BCUT2D eigenvalue weighted by atomic mass is 79.9. The van der Waals surface area contributed by atoms with E-state index in [1.807, 2.05) is 12.3 Å². The van der Waals surface area contributed by atoms with Crippen molar-refractivity contribution in [3.8, 4) is 5.75 Å². The molecule has 0 amide bonds. The molecule has 1 aliphatic heterocycles. The number of fused-ring (bicyclic) bond motifs is 1. The molecule has 1 fully saturated rings. The Morgan fingerprint density at radius 3 is 2.50 bits per heavy atom. The molecule has 0 spiro atoms. The minimum Gasteiger partial charge on any atom is -0.496 e. The molecule has 4 heteroatoms. The number of ether oxygens (including phenoxy) is 1. The number of hydrogen-bond acceptors (Lipinski definition) is 3. The number of anilines is 1. The van der Waals surface area contributed by atoms with Crippen LogP contribution in [-0.2, 0) is 6.42 Å². The molecule has 1 saturated heterocycles. The minimum atomic E-state index is 0.872. The molecule has 1 aliphatic rings. The van der Waals surface area contributed by atoms with Gasteiger partial charge in [-0.05, 0) is 48.4 Å². The van der Waals surface area contributed by atoms with Gasteiger partial charge < -0.3 is 9.64 Å². The number of piperidine rings is 1. The van der Waals surface area contributed by atoms with E-state index in [0.29, 0.717) is 0 Å². The van der Waals surface area contributed by atoms with Crippen LogP contribution in [0.4, 0.5) is 5.82 Å². The summed E-state index contributed by atoms with van der Waals surface area (Å²) in [4.78, 5) is 7.34. The third-order valence-electron chi connectivity index (χ3n) is 5.15. The average Bonchev–Trinajstić information content (AvgIpc) is 2.70. The van der Waals surface area contributed by atoms with Crippen LogP contribution in [-0.4, -0.2) is 25.2 Å². The molecule has 3 aromatic rings. The lowest BCUT2D eigenvalue weighted by molar-refractivity contribution is 0.419. The Labute approximate surface area is 163 Å². The Kier molecular flexibility index (Phi) is 5.11. The minimum absolute atomic E-state index is 0.872. The molecule has 26 heavy (non-hydrogen) atoms. The SMILES string of the molecule is COc1cccc2c(Cc3ccc(Br)cc3)c(N3CCCCC3)ncc12. The van der Waals surface area contributed by atoms with Crippen molar-refractivity contribution in [1.29, 1.82) is 0 Å². The van der Waals surface area contributed by atoms with Crippen LogP contribution in [0.2, 0.25) is 0 Å². The summed E-state index contributed by atoms with van der Waals surface area (Å²) in [5.41, 5.74) is 2.59. The van der Waals surface area contributed by atoms with Crippen LogP contribution < -0.4 is 9.64 Å². The maximum atomic E-state index is 5.57. The third kappa shape index (κ3) is 3.43. The molecule has 2 heterocycles. The van der Waals surface area contributed by atoms with Gasteiger partial charge in [-0.25, -0.2) is 4.98 Å². The van der Waals surface area contributed by atoms with Crippen molar-refractivity contribution in [2.75, 3.05) is 25.1 Å². The summed E-state index contributed by atoms with van der Waals surface area (Å²) in [7, 11) is 1.72. The number of rotatable bonds is 4. The van der Waals surface area contributed by atoms with Gasteiger partial charge >= 0.3 is 0 Å². The molecule has 0 atom stereocenters. The van der Waals surface area contributed by atoms with Crippen LogP contribution in [0.1, 0.15) is 30.4 Å². The number of halogens is 1. The van der Waals surface area contributed by atoms with Crippen LogP contribution in [0.3, 0.4) is 0 Å². The summed E-state index contributed by atoms with van der Waals surface area (Å²) in [6.07, 6.45) is 6.66. The summed E-state index contributed by atoms with van der Waals surface area (Å²) < 4.78 is 6.68. The molecule has 3 nitrogen and oxygen atoms in total. The Hall–Kier alpha value is -2.07. The van der Waals surface area contributed by atoms with Crippen molar-refractivity contribution in [3.63, 3.8) is 0 Å². The Morgan fingerprint density at radius 1 is 1.00 bits per heavy atom. The van der Waals surface area contributed by atoms with E-state index in [0.717, 1.165) is 40.9 Å². The van der Waals surface area contributed by atoms with E-state index < -0.39 is 0 Å². The first-order valence-electron chi connectivity index (χ1n) is 9.20. The predicted octanol–water partition coefficient (Wildman–Crippen LogP) is 5.59. The van der Waals surface area contributed by atoms with Gasteiger partial charge in [-0.2, -0.15) is 0 Å². The molecule has 0 saturated carbocycles. The Balaban J connectivity index is 1.85. The second-order valence-corrected chi connectivity index (χ2v) is 7.75. The van der Waals surface area contributed by atoms with Gasteiger partial charge in [0.2, 0.25) is 0 Å². The van der Waals surface area contributed by atoms with Crippen molar-refractivity contribution in [3.05, 3.63) is 64.3 Å². The topological polar surface area (TPSA) is 25.4 Å². The lowest BCUT2D eigenvalue weighted by Gasteiger charge is -2.30. The molecule has 0 unspecified atom stereocenters. The van der Waals surface area contributed by atoms with E-state index in [9.17, 15) is 0 Å². The van der Waals surface area contributed by atoms with Crippen LogP contribution in [0, 0.1) is 0 Å². The van der Waals surface area contributed by atoms with E-state index >= 15 is 0 Å². The van der Waals surface area contributed by atoms with Crippen molar-refractivity contribution >= 4 is 32.5 Å². The zero-order valence-corrected chi connectivity index (χ0v) is 16.6. The van der Waals surface area contributed by atoms with Gasteiger partial charge in [-0.1, -0.05) is 40.2 Å². The predicted molar refractivity (Wildman–Crippen MR) is 111 cm³/mol. The molecule has 0 N–H and O–H groups in total. The maximum absolute atomic E-state index is 5.57. The van der Waals surface area contributed by atoms with Crippen LogP contribution in [0.25, 0.3) is 10.8 Å². The van der Waals surface area contributed by atoms with E-state index in [2.05, 4.69) is 57.2 Å². The number of methoxy groups -OCH3 is 1. The van der Waals surface area contributed by atoms with E-state index in [-0.39, 0.29) is 0 Å². The maximum Gasteiger partial charge on any atom is 0.132 e. The highest BCUT2D eigenvalue weighted by Gasteiger charge is 2.19. The van der Waals surface area contributed by atoms with Crippen LogP contribution in [0.5, 0.6) is 5.75 Å². The molecule has 4 rings (SSSR count). The van der Waals surface area contributed by atoms with Crippen molar-refractivity contribution in [1.82, 2.24) is 4.98 Å². The molecule has 1 aromatic heterocycles. The van der Waals surface area contributed by atoms with Gasteiger partial charge in [0.05, 0.1) is 7.11 Å². The molecule has 2 aromatic carbocycles. The van der Waals surface area contributed by atoms with E-state index in [1.54, 1.807) is 7.11 Å². The highest BCUT2D eigenvalue weighted by Crippen LogP contribution is 2.34. The highest BCUT2D eigenvalue weighted by molar-refractivity contribution is 9.10. The first kappa shape index (κ1) is 17.3. The summed E-state index contributed by atoms with van der Waals surface area (Å²) in [5, 5.41) is 2.32. The molecule has 134 valence electrons. The normalized spacial score (nSPS) is 14.6. The van der Waals surface area contributed by atoms with E-state index in [4.69, 9.17) is 9.72 Å². The third-order valence-corrected chi connectivity index (χ3v) is 5.68. The lowest BCUT2D eigenvalue weighted by Crippen LogP contribution is -2.31. The fraction of sp³-hybridized carbons (Fsp3) is 0.318. The standard InChI is InChI=1S/C22H23BrN2O/c1-26-21-7-5-6-18-19(14-16-8-10-17(23)11-9-16)22(24-15-20(18)21)25-12-3-2-4-13-25/h5-11,15H,2-4,12-14H2,1H3. The molecule has 0 bridgehead atoms.